The molecule has 2 unspecified atom stereocenters. The summed E-state index contributed by atoms with van der Waals surface area (Å²) in [6.45, 7) is 12.2. The molecule has 0 aliphatic carbocycles. The highest BCUT2D eigenvalue weighted by molar-refractivity contribution is 7.92. The summed E-state index contributed by atoms with van der Waals surface area (Å²) in [5.74, 6) is -1.10. The molecule has 0 saturated carbocycles. The summed E-state index contributed by atoms with van der Waals surface area (Å²) in [5.41, 5.74) is 11.4. The number of ketones is 1. The number of hydrogen-bond donors (Lipinski definition) is 2. The van der Waals surface area contributed by atoms with E-state index in [1.165, 1.54) is 18.3 Å². The standard InChI is InChI=1S/C62H83N7O18S/c1-36-25-44-10-12-48-37(2)26-46(80-48)15-16-62-31-53-57(86-62)58-59(85-53)60(87-62)56-49(84-58)13-11-45(82-56)27-42(70)28-47-51(30-50(81-44)38(36)3)83-52(55(47)75-4)29-43(71)34-66-61(72)79-35-39-5-8-41(9-6-39)69(88(73,74)54-14-7-40(32-63)33-65-54)18-20-77-22-24-78-23-21-76-19-17-67-68-64/h5-9,14,33,36,43-53,55-60,71H,2-3,10-13,15-31,34-35H2,1,4H3,(H,66,72)/t36-,43+,44+,45-,46+,47+,48+,49+,50-,51?,52-,53-,55-,56+,57-,58?,59-,60+,62+/m1/s1. The first-order chi connectivity index (χ1) is 42.6. The van der Waals surface area contributed by atoms with Gasteiger partial charge in [-0.25, -0.2) is 9.78 Å². The SMILES string of the molecule is C=C1C[C@@H]2CC[C@@]34C[C@H]5O[C@@H]6C(O[C@H]7CC[C@H](CC(=O)C[C@H]8C(C[C@H]9O[C@@H](CC[C@@H]1O2)C[C@@H](C)C9=C)O[C@H](C[C@H](O)CNC(=O)OCc1ccc(N(CCOCCOCCOCCN=[N+]=[N-])S(=O)(=O)c2ccc(C#N)cn2)cc1)[C@@H]8OC)O[C@@H]7[C@@H]6O3)[C@@H]5O4. The number of azide groups is 1. The largest absolute Gasteiger partial charge is 0.445 e. The monoisotopic (exact) mass is 1250 g/mol. The Balaban J connectivity index is 0.709. The Morgan fingerprint density at radius 3 is 2.34 bits per heavy atom. The van der Waals surface area contributed by atoms with E-state index in [2.05, 4.69) is 40.4 Å². The molecule has 1 aromatic carbocycles. The van der Waals surface area contributed by atoms with Gasteiger partial charge < -0.3 is 72.0 Å². The number of nitriles is 1. The summed E-state index contributed by atoms with van der Waals surface area (Å²) in [4.78, 5) is 34.4. The molecule has 11 heterocycles. The second kappa shape index (κ2) is 29.0. The van der Waals surface area contributed by atoms with Gasteiger partial charge in [-0.3, -0.25) is 9.10 Å². The van der Waals surface area contributed by atoms with Gasteiger partial charge in [-0.2, -0.15) is 13.7 Å². The first-order valence-corrected chi connectivity index (χ1v) is 32.5. The summed E-state index contributed by atoms with van der Waals surface area (Å²) in [6, 6.07) is 10.9. The van der Waals surface area contributed by atoms with E-state index in [1.807, 2.05) is 6.07 Å². The van der Waals surface area contributed by atoms with Gasteiger partial charge in [-0.05, 0) is 97.4 Å². The van der Waals surface area contributed by atoms with Crippen LogP contribution in [-0.2, 0) is 83.0 Å². The van der Waals surface area contributed by atoms with Crippen LogP contribution in [0, 0.1) is 23.2 Å². The number of pyridine rings is 1. The number of amides is 1. The predicted molar refractivity (Wildman–Crippen MR) is 312 cm³/mol. The number of nitrogens with one attached hydrogen (secondary N) is 1. The molecule has 88 heavy (non-hydrogen) atoms. The number of anilines is 1. The molecule has 2 aromatic rings. The number of benzene rings is 1. The first-order valence-electron chi connectivity index (χ1n) is 31.1. The maximum atomic E-state index is 14.5. The van der Waals surface area contributed by atoms with E-state index in [1.54, 1.807) is 31.4 Å². The van der Waals surface area contributed by atoms with Crippen LogP contribution in [0.25, 0.3) is 10.4 Å². The Bertz CT molecular complexity index is 2970. The zero-order chi connectivity index (χ0) is 61.5. The number of aromatic nitrogens is 1. The van der Waals surface area contributed by atoms with E-state index in [0.717, 1.165) is 47.6 Å². The lowest BCUT2D eigenvalue weighted by Crippen LogP contribution is -2.61. The molecule has 12 rings (SSSR count). The minimum absolute atomic E-state index is 0.000802. The van der Waals surface area contributed by atoms with Crippen LogP contribution < -0.4 is 9.62 Å². The number of Topliss-reactive ketones (excluding diaryl/α,β-unsaturated/α-hetero) is 1. The van der Waals surface area contributed by atoms with E-state index in [-0.39, 0.29) is 168 Å². The van der Waals surface area contributed by atoms with Crippen LogP contribution in [0.15, 0.2) is 77.0 Å². The predicted octanol–water partition coefficient (Wildman–Crippen LogP) is 6.23. The van der Waals surface area contributed by atoms with Crippen molar-refractivity contribution >= 4 is 27.6 Å². The summed E-state index contributed by atoms with van der Waals surface area (Å²) in [7, 11) is -2.65. The zero-order valence-electron chi connectivity index (χ0n) is 50.1. The van der Waals surface area contributed by atoms with Crippen molar-refractivity contribution in [3.63, 3.8) is 0 Å². The molecule has 19 atom stereocenters. The van der Waals surface area contributed by atoms with Crippen molar-refractivity contribution in [3.05, 3.63) is 88.5 Å². The molecule has 10 aliphatic rings. The molecule has 2 N–H and O–H groups in total. The molecule has 0 radical (unpaired) electrons. The number of alkyl carbamates (subject to hydrolysis) is 1. The molecule has 26 heteroatoms. The molecule has 480 valence electrons. The normalized spacial score (nSPS) is 35.5. The van der Waals surface area contributed by atoms with Crippen molar-refractivity contribution in [1.29, 1.82) is 5.26 Å². The number of rotatable bonds is 22. The summed E-state index contributed by atoms with van der Waals surface area (Å²) in [6.07, 6.45) is 1.81. The van der Waals surface area contributed by atoms with E-state index < -0.39 is 64.4 Å². The third kappa shape index (κ3) is 14.9. The molecule has 10 saturated heterocycles. The van der Waals surface area contributed by atoms with Crippen molar-refractivity contribution < 1.29 is 84.7 Å². The topological polar surface area (TPSA) is 309 Å². The van der Waals surface area contributed by atoms with Crippen LogP contribution in [0.1, 0.15) is 102 Å². The number of hydrogen-bond acceptors (Lipinski definition) is 21. The van der Waals surface area contributed by atoms with Crippen molar-refractivity contribution in [2.75, 3.05) is 70.7 Å². The summed E-state index contributed by atoms with van der Waals surface area (Å²) < 4.78 is 112. The maximum Gasteiger partial charge on any atom is 0.407 e. The average molecular weight is 1250 g/mol. The van der Waals surface area contributed by atoms with Gasteiger partial charge in [0.15, 0.2) is 10.8 Å². The number of aliphatic hydroxyl groups excluding tert-OH is 1. The lowest BCUT2D eigenvalue weighted by Gasteiger charge is -2.47. The van der Waals surface area contributed by atoms with E-state index in [0.29, 0.717) is 44.3 Å². The maximum absolute atomic E-state index is 14.5. The number of carbonyl (C=O) groups is 2. The number of carbonyl (C=O) groups excluding carboxylic acids is 2. The smallest absolute Gasteiger partial charge is 0.407 e. The fourth-order valence-corrected chi connectivity index (χ4v) is 15.7. The fourth-order valence-electron chi connectivity index (χ4n) is 14.4. The van der Waals surface area contributed by atoms with Crippen molar-refractivity contribution in [1.82, 2.24) is 10.3 Å². The van der Waals surface area contributed by atoms with Gasteiger partial charge in [0.2, 0.25) is 0 Å². The average Bonchev–Trinajstić information content (AvgIpc) is 1.58. The van der Waals surface area contributed by atoms with E-state index in [9.17, 15) is 28.4 Å². The highest BCUT2D eigenvalue weighted by Crippen LogP contribution is 2.54. The van der Waals surface area contributed by atoms with Crippen molar-refractivity contribution in [3.8, 4) is 6.07 Å². The second-order valence-electron chi connectivity index (χ2n) is 24.7. The molecule has 1 amide bonds. The van der Waals surface area contributed by atoms with Crippen molar-refractivity contribution in [2.24, 2.45) is 17.0 Å². The third-order valence-electron chi connectivity index (χ3n) is 18.8. The van der Waals surface area contributed by atoms with Crippen LogP contribution in [0.4, 0.5) is 10.5 Å². The number of ether oxygens (including phenoxy) is 13. The van der Waals surface area contributed by atoms with Crippen LogP contribution in [0.5, 0.6) is 0 Å². The Hall–Kier alpha value is -5.18. The Morgan fingerprint density at radius 2 is 1.58 bits per heavy atom. The third-order valence-corrected chi connectivity index (χ3v) is 20.5. The molecular weight excluding hydrogens is 1160 g/mol. The number of methoxy groups -OCH3 is 1. The Morgan fingerprint density at radius 1 is 0.852 bits per heavy atom. The van der Waals surface area contributed by atoms with Crippen LogP contribution >= 0.6 is 0 Å². The molecule has 25 nitrogen and oxygen atoms in total. The Labute approximate surface area is 513 Å². The van der Waals surface area contributed by atoms with Gasteiger partial charge in [0.05, 0.1) is 125 Å². The second-order valence-corrected chi connectivity index (χ2v) is 26.5. The first kappa shape index (κ1) is 64.4. The minimum Gasteiger partial charge on any atom is -0.445 e. The van der Waals surface area contributed by atoms with Gasteiger partial charge in [-0.15, -0.1) is 0 Å². The van der Waals surface area contributed by atoms with Gasteiger partial charge in [-0.1, -0.05) is 37.3 Å². The quantitative estimate of drug-likeness (QED) is 0.0434. The van der Waals surface area contributed by atoms with Gasteiger partial charge >= 0.3 is 6.09 Å². The van der Waals surface area contributed by atoms with Gasteiger partial charge in [0.1, 0.15) is 49.0 Å². The molecular formula is C62H83N7O18S. The molecule has 1 aromatic heterocycles. The zero-order valence-corrected chi connectivity index (χ0v) is 50.9. The highest BCUT2D eigenvalue weighted by Gasteiger charge is 2.69. The van der Waals surface area contributed by atoms with Crippen LogP contribution in [-0.4, -0.2) is 200 Å². The highest BCUT2D eigenvalue weighted by atomic mass is 32.2. The number of fused-ring (bicyclic) bond motifs is 6. The lowest BCUT2D eigenvalue weighted by atomic mass is 9.81. The summed E-state index contributed by atoms with van der Waals surface area (Å²) in [5, 5.41) is 26.6. The van der Waals surface area contributed by atoms with E-state index >= 15 is 0 Å². The molecule has 1 spiro atoms. The number of aliphatic hydroxyl groups is 1. The summed E-state index contributed by atoms with van der Waals surface area (Å²) >= 11 is 0. The van der Waals surface area contributed by atoms with Crippen LogP contribution in [0.3, 0.4) is 0 Å². The van der Waals surface area contributed by atoms with Crippen LogP contribution in [0.2, 0.25) is 0 Å². The Kier molecular flexibility index (Phi) is 21.2. The fraction of sp³-hybridized carbons (Fsp3) is 0.710. The molecule has 10 fully saturated rings. The van der Waals surface area contributed by atoms with Crippen molar-refractivity contribution in [2.45, 2.75) is 205 Å². The lowest BCUT2D eigenvalue weighted by molar-refractivity contribution is -0.292. The van der Waals surface area contributed by atoms with Gasteiger partial charge in [0, 0.05) is 75.8 Å². The number of nitrogens with zero attached hydrogens (tertiary/aromatic N) is 6. The number of sulfonamides is 1. The minimum atomic E-state index is -4.24. The van der Waals surface area contributed by atoms with Gasteiger partial charge in [0.25, 0.3) is 10.0 Å². The molecule has 10 aliphatic heterocycles. The van der Waals surface area contributed by atoms with E-state index in [4.69, 9.17) is 67.1 Å². The molecule has 12 bridgehead atoms.